The van der Waals surface area contributed by atoms with Gasteiger partial charge in [-0.2, -0.15) is 0 Å². The number of carbonyl (C=O) groups is 2. The lowest BCUT2D eigenvalue weighted by Gasteiger charge is -2.39. The Morgan fingerprint density at radius 2 is 1.57 bits per heavy atom. The number of hydrogen-bond donors (Lipinski definition) is 1. The first-order valence-corrected chi connectivity index (χ1v) is 18.3. The number of aromatic hydroxyl groups is 1. The quantitative estimate of drug-likeness (QED) is 0.158. The molecule has 3 aliphatic heterocycles. The Bertz CT molecular complexity index is 2140. The minimum atomic E-state index is -0.181. The summed E-state index contributed by atoms with van der Waals surface area (Å²) in [5, 5.41) is 10.1. The summed E-state index contributed by atoms with van der Waals surface area (Å²) in [7, 11) is 3.77. The van der Waals surface area contributed by atoms with Crippen molar-refractivity contribution in [3.8, 4) is 28.5 Å². The van der Waals surface area contributed by atoms with Gasteiger partial charge in [-0.05, 0) is 98.5 Å². The number of rotatable bonds is 10. The van der Waals surface area contributed by atoms with Crippen LogP contribution in [0.4, 0.5) is 11.4 Å². The number of amides is 2. The first-order chi connectivity index (χ1) is 25.9. The van der Waals surface area contributed by atoms with Gasteiger partial charge in [0.2, 0.25) is 6.79 Å². The Morgan fingerprint density at radius 3 is 2.33 bits per heavy atom. The summed E-state index contributed by atoms with van der Waals surface area (Å²) >= 11 is 0. The van der Waals surface area contributed by atoms with E-state index in [2.05, 4.69) is 34.7 Å². The van der Waals surface area contributed by atoms with Gasteiger partial charge in [0.1, 0.15) is 5.75 Å². The number of anilines is 2. The van der Waals surface area contributed by atoms with Crippen molar-refractivity contribution in [2.45, 2.75) is 44.8 Å². The molecule has 0 unspecified atom stereocenters. The predicted octanol–water partition coefficient (Wildman–Crippen LogP) is 7.47. The molecule has 10 nitrogen and oxygen atoms in total. The van der Waals surface area contributed by atoms with E-state index in [-0.39, 0.29) is 42.8 Å². The fourth-order valence-corrected chi connectivity index (χ4v) is 7.94. The third-order valence-corrected chi connectivity index (χ3v) is 10.6. The first-order valence-electron chi connectivity index (χ1n) is 18.3. The number of para-hydroxylation sites is 1. The number of likely N-dealkylation sites (N-methyl/N-ethyl adjacent to an activating group) is 1. The zero-order valence-corrected chi connectivity index (χ0v) is 31.4. The Hall–Kier alpha value is -5.29. The average molecular weight is 749 g/mol. The molecule has 280 valence electrons. The van der Waals surface area contributed by atoms with Crippen molar-refractivity contribution in [2.24, 2.45) is 0 Å². The van der Waals surface area contributed by atoms with Crippen LogP contribution in [0.2, 0.25) is 0 Å². The summed E-state index contributed by atoms with van der Waals surface area (Å²) < 4.78 is 19.3. The fourth-order valence-electron chi connectivity index (χ4n) is 7.94. The highest BCUT2D eigenvalue weighted by atomic mass is 35.5. The molecule has 0 spiro atoms. The lowest BCUT2D eigenvalue weighted by atomic mass is 9.92. The predicted molar refractivity (Wildman–Crippen MR) is 210 cm³/mol. The molecule has 3 aliphatic rings. The molecule has 0 radical (unpaired) electrons. The highest BCUT2D eigenvalue weighted by Crippen LogP contribution is 2.43. The van der Waals surface area contributed by atoms with Crippen LogP contribution in [0.15, 0.2) is 97.1 Å². The SMILES string of the molecule is COCCN(C)C[C@@H]1Cc2ccccc2CN1C(=O)c1cc2c(cc1-c1cc(C(=O)N(c3ccccc3)c3ccc(O)cc3)c3n1CCCC3)OCO2.Cl. The number of carbonyl (C=O) groups excluding carboxylic acids is 2. The van der Waals surface area contributed by atoms with E-state index >= 15 is 4.79 Å². The van der Waals surface area contributed by atoms with E-state index in [9.17, 15) is 9.90 Å². The van der Waals surface area contributed by atoms with Gasteiger partial charge in [-0.1, -0.05) is 42.5 Å². The van der Waals surface area contributed by atoms with Gasteiger partial charge >= 0.3 is 0 Å². The van der Waals surface area contributed by atoms with E-state index in [0.29, 0.717) is 65.8 Å². The lowest BCUT2D eigenvalue weighted by Crippen LogP contribution is -2.50. The van der Waals surface area contributed by atoms with Crippen molar-refractivity contribution in [3.63, 3.8) is 0 Å². The van der Waals surface area contributed by atoms with Gasteiger partial charge in [0.05, 0.1) is 17.7 Å². The molecule has 4 heterocycles. The van der Waals surface area contributed by atoms with Crippen LogP contribution >= 0.6 is 12.4 Å². The number of phenols is 1. The number of aromatic nitrogens is 1. The van der Waals surface area contributed by atoms with Gasteiger partial charge in [-0.3, -0.25) is 14.5 Å². The molecule has 1 N–H and O–H groups in total. The summed E-state index contributed by atoms with van der Waals surface area (Å²) in [6.07, 6.45) is 3.37. The van der Waals surface area contributed by atoms with Crippen LogP contribution in [0.1, 0.15) is 50.4 Å². The summed E-state index contributed by atoms with van der Waals surface area (Å²) in [5.41, 5.74) is 7.30. The molecule has 1 aromatic heterocycles. The number of ether oxygens (including phenoxy) is 3. The zero-order chi connectivity index (χ0) is 36.5. The number of phenolic OH excluding ortho intramolecular Hbond substituents is 1. The van der Waals surface area contributed by atoms with Crippen molar-refractivity contribution in [1.29, 1.82) is 0 Å². The van der Waals surface area contributed by atoms with Crippen molar-refractivity contribution < 1.29 is 28.9 Å². The van der Waals surface area contributed by atoms with Crippen molar-refractivity contribution >= 4 is 35.6 Å². The Morgan fingerprint density at radius 1 is 0.870 bits per heavy atom. The lowest BCUT2D eigenvalue weighted by molar-refractivity contribution is 0.0579. The van der Waals surface area contributed by atoms with E-state index < -0.39 is 0 Å². The maximum Gasteiger partial charge on any atom is 0.264 e. The van der Waals surface area contributed by atoms with Gasteiger partial charge in [0.25, 0.3) is 11.8 Å². The van der Waals surface area contributed by atoms with E-state index in [4.69, 9.17) is 14.2 Å². The molecule has 2 amide bonds. The van der Waals surface area contributed by atoms with E-state index in [1.54, 1.807) is 36.3 Å². The maximum atomic E-state index is 15.1. The number of hydrogen-bond acceptors (Lipinski definition) is 7. The molecule has 5 aromatic rings. The Kier molecular flexibility index (Phi) is 11.0. The number of methoxy groups -OCH3 is 1. The Labute approximate surface area is 321 Å². The second-order valence-electron chi connectivity index (χ2n) is 14.1. The summed E-state index contributed by atoms with van der Waals surface area (Å²) in [6, 6.07) is 30.2. The summed E-state index contributed by atoms with van der Waals surface area (Å²) in [4.78, 5) is 35.9. The first kappa shape index (κ1) is 37.0. The average Bonchev–Trinajstić information content (AvgIpc) is 3.82. The molecule has 11 heteroatoms. The Balaban J connectivity index is 0.00000450. The number of benzene rings is 4. The van der Waals surface area contributed by atoms with Gasteiger partial charge in [0.15, 0.2) is 11.5 Å². The number of nitrogens with zero attached hydrogens (tertiary/aromatic N) is 4. The van der Waals surface area contributed by atoms with Gasteiger partial charge in [0, 0.05) is 67.7 Å². The van der Waals surface area contributed by atoms with Crippen LogP contribution in [-0.4, -0.2) is 78.0 Å². The molecule has 0 fully saturated rings. The molecule has 8 rings (SSSR count). The molecule has 4 aromatic carbocycles. The van der Waals surface area contributed by atoms with Crippen molar-refractivity contribution in [3.05, 3.63) is 125 Å². The topological polar surface area (TPSA) is 96.7 Å². The third-order valence-electron chi connectivity index (χ3n) is 10.6. The molecule has 0 saturated heterocycles. The van der Waals surface area contributed by atoms with Crippen molar-refractivity contribution in [2.75, 3.05) is 45.5 Å². The van der Waals surface area contributed by atoms with E-state index in [1.165, 1.54) is 5.56 Å². The second-order valence-corrected chi connectivity index (χ2v) is 14.1. The molecular weight excluding hydrogens is 704 g/mol. The molecule has 1 atom stereocenters. The van der Waals surface area contributed by atoms with Gasteiger partial charge < -0.3 is 33.7 Å². The van der Waals surface area contributed by atoms with Crippen LogP contribution in [0.25, 0.3) is 11.3 Å². The molecule has 54 heavy (non-hydrogen) atoms. The minimum absolute atomic E-state index is 0. The second kappa shape index (κ2) is 16.0. The third kappa shape index (κ3) is 7.16. The van der Waals surface area contributed by atoms with Crippen LogP contribution in [0.5, 0.6) is 17.2 Å². The van der Waals surface area contributed by atoms with Crippen LogP contribution in [0.3, 0.4) is 0 Å². The van der Waals surface area contributed by atoms with Crippen LogP contribution < -0.4 is 14.4 Å². The summed E-state index contributed by atoms with van der Waals surface area (Å²) in [6.45, 7) is 3.33. The van der Waals surface area contributed by atoms with Gasteiger partial charge in [-0.25, -0.2) is 0 Å². The summed E-state index contributed by atoms with van der Waals surface area (Å²) in [5.74, 6) is 0.961. The highest BCUT2D eigenvalue weighted by Gasteiger charge is 2.35. The zero-order valence-electron chi connectivity index (χ0n) is 30.6. The molecule has 0 saturated carbocycles. The molecule has 0 bridgehead atoms. The standard InChI is InChI=1S/C43H44N4O6.ClH/c1-44(20-21-51-2)27-33-22-29-10-6-7-11-30(29)26-46(33)42(49)36-25-41-40(52-28-53-41)24-35(36)39-23-37(38-14-8-9-19-45(38)39)43(50)47(31-12-4-3-5-13-31)32-15-17-34(48)18-16-32;/h3-7,10-13,15-18,23-25,33,48H,8-9,14,19-22,26-28H2,1-2H3;1H/t33-;/m0./s1. The monoisotopic (exact) mass is 748 g/mol. The van der Waals surface area contributed by atoms with Crippen LogP contribution in [-0.2, 0) is 30.7 Å². The maximum absolute atomic E-state index is 15.1. The van der Waals surface area contributed by atoms with Crippen LogP contribution in [0, 0.1) is 0 Å². The fraction of sp³-hybridized carbons (Fsp3) is 0.302. The van der Waals surface area contributed by atoms with Crippen molar-refractivity contribution in [1.82, 2.24) is 14.4 Å². The minimum Gasteiger partial charge on any atom is -0.508 e. The number of halogens is 1. The van der Waals surface area contributed by atoms with Gasteiger partial charge in [-0.15, -0.1) is 12.4 Å². The van der Waals surface area contributed by atoms with E-state index in [1.807, 2.05) is 59.5 Å². The molecule has 0 aliphatic carbocycles. The normalized spacial score (nSPS) is 15.7. The largest absolute Gasteiger partial charge is 0.508 e. The molecular formula is C43H45ClN4O6. The van der Waals surface area contributed by atoms with E-state index in [0.717, 1.165) is 49.2 Å². The highest BCUT2D eigenvalue weighted by molar-refractivity contribution is 6.12. The smallest absolute Gasteiger partial charge is 0.264 e. The number of fused-ring (bicyclic) bond motifs is 3.